The predicted molar refractivity (Wildman–Crippen MR) is 80.3 cm³/mol. The summed E-state index contributed by atoms with van der Waals surface area (Å²) in [6.07, 6.45) is 2.58. The van der Waals surface area contributed by atoms with Crippen molar-refractivity contribution >= 4 is 11.8 Å². The smallest absolute Gasteiger partial charge is 0.0587 e. The predicted octanol–water partition coefficient (Wildman–Crippen LogP) is 3.43. The van der Waals surface area contributed by atoms with Crippen LogP contribution in [0.15, 0.2) is 35.2 Å². The average molecular weight is 267 g/mol. The van der Waals surface area contributed by atoms with Crippen molar-refractivity contribution in [1.82, 2.24) is 5.32 Å². The zero-order valence-corrected chi connectivity index (χ0v) is 12.3. The molecule has 3 heteroatoms. The first-order valence-corrected chi connectivity index (χ1v) is 7.69. The molecule has 0 saturated carbocycles. The molecule has 0 aromatic heterocycles. The van der Waals surface area contributed by atoms with Crippen LogP contribution in [0.1, 0.15) is 19.8 Å². The lowest BCUT2D eigenvalue weighted by atomic mass is 10.1. The van der Waals surface area contributed by atoms with Crippen molar-refractivity contribution in [3.05, 3.63) is 30.3 Å². The number of methoxy groups -OCH3 is 1. The monoisotopic (exact) mass is 267 g/mol. The minimum absolute atomic E-state index is 0.748. The molecule has 1 aromatic rings. The Morgan fingerprint density at radius 2 is 2.06 bits per heavy atom. The molecule has 102 valence electrons. The van der Waals surface area contributed by atoms with E-state index in [-0.39, 0.29) is 0 Å². The quantitative estimate of drug-likeness (QED) is 0.518. The van der Waals surface area contributed by atoms with E-state index in [1.54, 1.807) is 7.11 Å². The summed E-state index contributed by atoms with van der Waals surface area (Å²) in [5.74, 6) is 1.96. The van der Waals surface area contributed by atoms with Gasteiger partial charge in [-0.15, -0.1) is 11.8 Å². The second kappa shape index (κ2) is 10.4. The molecular weight excluding hydrogens is 242 g/mol. The van der Waals surface area contributed by atoms with Gasteiger partial charge in [-0.1, -0.05) is 25.1 Å². The van der Waals surface area contributed by atoms with E-state index in [0.717, 1.165) is 25.6 Å². The van der Waals surface area contributed by atoms with Crippen LogP contribution in [0, 0.1) is 5.92 Å². The Hall–Kier alpha value is -0.510. The second-order valence-corrected chi connectivity index (χ2v) is 5.77. The topological polar surface area (TPSA) is 21.3 Å². The first kappa shape index (κ1) is 15.5. The van der Waals surface area contributed by atoms with Gasteiger partial charge in [-0.2, -0.15) is 0 Å². The van der Waals surface area contributed by atoms with Gasteiger partial charge in [0.25, 0.3) is 0 Å². The maximum atomic E-state index is 5.01. The molecule has 0 heterocycles. The summed E-state index contributed by atoms with van der Waals surface area (Å²) in [4.78, 5) is 1.38. The summed E-state index contributed by atoms with van der Waals surface area (Å²) in [5.41, 5.74) is 0. The van der Waals surface area contributed by atoms with E-state index in [9.17, 15) is 0 Å². The summed E-state index contributed by atoms with van der Waals surface area (Å²) in [5, 5.41) is 3.41. The van der Waals surface area contributed by atoms with Crippen molar-refractivity contribution < 1.29 is 4.74 Å². The molecule has 1 aromatic carbocycles. The van der Waals surface area contributed by atoms with Crippen LogP contribution in [0.3, 0.4) is 0 Å². The maximum Gasteiger partial charge on any atom is 0.0587 e. The third-order valence-electron chi connectivity index (χ3n) is 2.83. The molecule has 1 N–H and O–H groups in total. The fourth-order valence-electron chi connectivity index (χ4n) is 1.76. The Labute approximate surface area is 116 Å². The van der Waals surface area contributed by atoms with E-state index >= 15 is 0 Å². The summed E-state index contributed by atoms with van der Waals surface area (Å²) in [6.45, 7) is 5.17. The zero-order chi connectivity index (χ0) is 13.1. The number of benzene rings is 1. The molecule has 2 nitrogen and oxygen atoms in total. The van der Waals surface area contributed by atoms with Gasteiger partial charge in [-0.05, 0) is 43.2 Å². The van der Waals surface area contributed by atoms with Gasteiger partial charge in [-0.3, -0.25) is 0 Å². The number of ether oxygens (including phenoxy) is 1. The van der Waals surface area contributed by atoms with Crippen LogP contribution >= 0.6 is 11.8 Å². The minimum Gasteiger partial charge on any atom is -0.383 e. The molecule has 0 bridgehead atoms. The molecule has 1 unspecified atom stereocenters. The Morgan fingerprint density at radius 3 is 2.78 bits per heavy atom. The SMILES string of the molecule is COCCNCC(C)CCCSc1ccccc1. The lowest BCUT2D eigenvalue weighted by Crippen LogP contribution is -2.24. The molecule has 0 radical (unpaired) electrons. The van der Waals surface area contributed by atoms with Gasteiger partial charge in [0.2, 0.25) is 0 Å². The maximum absolute atomic E-state index is 5.01. The Balaban J connectivity index is 1.97. The van der Waals surface area contributed by atoms with Crippen molar-refractivity contribution in [2.45, 2.75) is 24.7 Å². The van der Waals surface area contributed by atoms with E-state index in [4.69, 9.17) is 4.74 Å². The van der Waals surface area contributed by atoms with Crippen molar-refractivity contribution in [3.8, 4) is 0 Å². The van der Waals surface area contributed by atoms with Crippen LogP contribution in [0.4, 0.5) is 0 Å². The normalized spacial score (nSPS) is 12.6. The van der Waals surface area contributed by atoms with Gasteiger partial charge in [0, 0.05) is 18.6 Å². The Bertz CT molecular complexity index is 292. The fraction of sp³-hybridized carbons (Fsp3) is 0.600. The third-order valence-corrected chi connectivity index (χ3v) is 3.93. The molecule has 0 aliphatic rings. The van der Waals surface area contributed by atoms with Gasteiger partial charge in [0.15, 0.2) is 0 Å². The average Bonchev–Trinajstić information content (AvgIpc) is 2.41. The number of rotatable bonds is 10. The molecule has 0 aliphatic carbocycles. The first-order valence-electron chi connectivity index (χ1n) is 6.70. The van der Waals surface area contributed by atoms with Crippen LogP contribution in [-0.4, -0.2) is 32.6 Å². The molecule has 0 fully saturated rings. The Morgan fingerprint density at radius 1 is 1.28 bits per heavy atom. The highest BCUT2D eigenvalue weighted by Crippen LogP contribution is 2.19. The molecule has 0 amide bonds. The highest BCUT2D eigenvalue weighted by molar-refractivity contribution is 7.99. The summed E-state index contributed by atoms with van der Waals surface area (Å²) in [7, 11) is 1.74. The lowest BCUT2D eigenvalue weighted by Gasteiger charge is -2.12. The second-order valence-electron chi connectivity index (χ2n) is 4.61. The third kappa shape index (κ3) is 7.75. The molecule has 0 spiro atoms. The van der Waals surface area contributed by atoms with E-state index in [2.05, 4.69) is 42.6 Å². The number of nitrogens with one attached hydrogen (secondary N) is 1. The molecular formula is C15H25NOS. The minimum atomic E-state index is 0.748. The van der Waals surface area contributed by atoms with Gasteiger partial charge >= 0.3 is 0 Å². The summed E-state index contributed by atoms with van der Waals surface area (Å²) in [6, 6.07) is 10.6. The highest BCUT2D eigenvalue weighted by Gasteiger charge is 2.01. The van der Waals surface area contributed by atoms with Crippen LogP contribution in [0.2, 0.25) is 0 Å². The van der Waals surface area contributed by atoms with Crippen LogP contribution < -0.4 is 5.32 Å². The molecule has 18 heavy (non-hydrogen) atoms. The molecule has 0 aliphatic heterocycles. The first-order chi connectivity index (χ1) is 8.83. The van der Waals surface area contributed by atoms with Gasteiger partial charge in [0.1, 0.15) is 0 Å². The van der Waals surface area contributed by atoms with Crippen LogP contribution in [0.25, 0.3) is 0 Å². The largest absolute Gasteiger partial charge is 0.383 e. The Kier molecular flexibility index (Phi) is 9.00. The number of hydrogen-bond donors (Lipinski definition) is 1. The van der Waals surface area contributed by atoms with E-state index in [0.29, 0.717) is 0 Å². The van der Waals surface area contributed by atoms with Crippen molar-refractivity contribution in [2.24, 2.45) is 5.92 Å². The van der Waals surface area contributed by atoms with Gasteiger partial charge < -0.3 is 10.1 Å². The molecule has 1 atom stereocenters. The van der Waals surface area contributed by atoms with Crippen LogP contribution in [0.5, 0.6) is 0 Å². The molecule has 1 rings (SSSR count). The van der Waals surface area contributed by atoms with E-state index in [1.807, 2.05) is 11.8 Å². The standard InChI is InChI=1S/C15H25NOS/c1-14(13-16-10-11-17-2)7-6-12-18-15-8-4-3-5-9-15/h3-5,8-9,14,16H,6-7,10-13H2,1-2H3. The summed E-state index contributed by atoms with van der Waals surface area (Å²) >= 11 is 1.95. The number of thioether (sulfide) groups is 1. The van der Waals surface area contributed by atoms with Crippen molar-refractivity contribution in [2.75, 3.05) is 32.6 Å². The molecule has 0 saturated heterocycles. The van der Waals surface area contributed by atoms with E-state index in [1.165, 1.54) is 23.5 Å². The fourth-order valence-corrected chi connectivity index (χ4v) is 2.66. The van der Waals surface area contributed by atoms with Gasteiger partial charge in [0.05, 0.1) is 6.61 Å². The van der Waals surface area contributed by atoms with Crippen molar-refractivity contribution in [3.63, 3.8) is 0 Å². The highest BCUT2D eigenvalue weighted by atomic mass is 32.2. The van der Waals surface area contributed by atoms with Crippen molar-refractivity contribution in [1.29, 1.82) is 0 Å². The summed E-state index contributed by atoms with van der Waals surface area (Å²) < 4.78 is 5.01. The van der Waals surface area contributed by atoms with Gasteiger partial charge in [-0.25, -0.2) is 0 Å². The van der Waals surface area contributed by atoms with E-state index < -0.39 is 0 Å². The zero-order valence-electron chi connectivity index (χ0n) is 11.5. The lowest BCUT2D eigenvalue weighted by molar-refractivity contribution is 0.198. The van der Waals surface area contributed by atoms with Crippen LogP contribution in [-0.2, 0) is 4.74 Å². The number of hydrogen-bond acceptors (Lipinski definition) is 3.